The van der Waals surface area contributed by atoms with Gasteiger partial charge in [0.15, 0.2) is 5.82 Å². The Hall–Kier alpha value is -2.30. The molecule has 0 atom stereocenters. The fourth-order valence-electron chi connectivity index (χ4n) is 2.81. The molecule has 1 saturated heterocycles. The largest absolute Gasteiger partial charge is 0.378 e. The number of hydrogen-bond donors (Lipinski definition) is 2. The van der Waals surface area contributed by atoms with Gasteiger partial charge in [0.1, 0.15) is 5.82 Å². The predicted octanol–water partition coefficient (Wildman–Crippen LogP) is 1.15. The molecule has 2 heterocycles. The zero-order valence-corrected chi connectivity index (χ0v) is 15.8. The second kappa shape index (κ2) is 8.59. The van der Waals surface area contributed by atoms with Gasteiger partial charge >= 0.3 is 0 Å². The standard InChI is InChI=1S/C17H22FN5O3S/c1-13-10-14(18)2-3-16(13)27(24,25)21-5-4-19-17-11-15(12-20-22-17)23-6-8-26-9-7-23/h2-3,10-12,21H,4-9H2,1H3,(H,19,22). The van der Waals surface area contributed by atoms with Gasteiger partial charge in [-0.15, -0.1) is 5.10 Å². The quantitative estimate of drug-likeness (QED) is 0.679. The third-order valence-corrected chi connectivity index (χ3v) is 5.79. The highest BCUT2D eigenvalue weighted by Gasteiger charge is 2.16. The number of ether oxygens (including phenoxy) is 1. The molecule has 2 N–H and O–H groups in total. The van der Waals surface area contributed by atoms with Crippen LogP contribution < -0.4 is 14.9 Å². The van der Waals surface area contributed by atoms with Gasteiger partial charge in [0.05, 0.1) is 30.0 Å². The van der Waals surface area contributed by atoms with Crippen molar-refractivity contribution in [1.82, 2.24) is 14.9 Å². The third kappa shape index (κ3) is 5.12. The average molecular weight is 395 g/mol. The second-order valence-electron chi connectivity index (χ2n) is 6.13. The summed E-state index contributed by atoms with van der Waals surface area (Å²) < 4.78 is 45.6. The Morgan fingerprint density at radius 1 is 1.22 bits per heavy atom. The smallest absolute Gasteiger partial charge is 0.240 e. The normalized spacial score (nSPS) is 15.0. The van der Waals surface area contributed by atoms with Gasteiger partial charge in [-0.3, -0.25) is 0 Å². The van der Waals surface area contributed by atoms with Gasteiger partial charge in [-0.1, -0.05) is 0 Å². The first-order valence-electron chi connectivity index (χ1n) is 8.61. The Morgan fingerprint density at radius 3 is 2.74 bits per heavy atom. The maximum atomic E-state index is 13.1. The molecule has 0 unspecified atom stereocenters. The van der Waals surface area contributed by atoms with Crippen LogP contribution in [0.4, 0.5) is 15.9 Å². The number of halogens is 1. The molecule has 1 aliphatic rings. The van der Waals surface area contributed by atoms with E-state index in [0.29, 0.717) is 31.1 Å². The van der Waals surface area contributed by atoms with Crippen molar-refractivity contribution in [2.45, 2.75) is 11.8 Å². The van der Waals surface area contributed by atoms with Gasteiger partial charge in [-0.2, -0.15) is 5.10 Å². The van der Waals surface area contributed by atoms with Gasteiger partial charge in [0.2, 0.25) is 10.0 Å². The van der Waals surface area contributed by atoms with Crippen LogP contribution in [0.25, 0.3) is 0 Å². The Kier molecular flexibility index (Phi) is 6.19. The maximum absolute atomic E-state index is 13.1. The third-order valence-electron chi connectivity index (χ3n) is 4.17. The van der Waals surface area contributed by atoms with Gasteiger partial charge in [0, 0.05) is 32.2 Å². The van der Waals surface area contributed by atoms with E-state index in [2.05, 4.69) is 25.1 Å². The Balaban J connectivity index is 1.54. The fraction of sp³-hybridized carbons (Fsp3) is 0.412. The Morgan fingerprint density at radius 2 is 2.00 bits per heavy atom. The van der Waals surface area contributed by atoms with E-state index in [1.54, 1.807) is 13.1 Å². The molecule has 0 amide bonds. The molecule has 8 nitrogen and oxygen atoms in total. The highest BCUT2D eigenvalue weighted by atomic mass is 32.2. The lowest BCUT2D eigenvalue weighted by atomic mass is 10.2. The maximum Gasteiger partial charge on any atom is 0.240 e. The minimum absolute atomic E-state index is 0.0676. The van der Waals surface area contributed by atoms with Gasteiger partial charge < -0.3 is 15.0 Å². The summed E-state index contributed by atoms with van der Waals surface area (Å²) in [5.41, 5.74) is 1.30. The monoisotopic (exact) mass is 395 g/mol. The lowest BCUT2D eigenvalue weighted by Crippen LogP contribution is -2.36. The Bertz CT molecular complexity index is 888. The van der Waals surface area contributed by atoms with Crippen molar-refractivity contribution in [3.05, 3.63) is 41.8 Å². The molecule has 1 fully saturated rings. The molecule has 0 spiro atoms. The van der Waals surface area contributed by atoms with Crippen molar-refractivity contribution in [2.24, 2.45) is 0 Å². The number of sulfonamides is 1. The number of hydrogen-bond acceptors (Lipinski definition) is 7. The van der Waals surface area contributed by atoms with Crippen LogP contribution in [0.2, 0.25) is 0 Å². The molecule has 10 heteroatoms. The summed E-state index contributed by atoms with van der Waals surface area (Å²) in [4.78, 5) is 2.22. The molecule has 1 aliphatic heterocycles. The minimum Gasteiger partial charge on any atom is -0.378 e. The summed E-state index contributed by atoms with van der Waals surface area (Å²) >= 11 is 0. The predicted molar refractivity (Wildman–Crippen MR) is 99.9 cm³/mol. The van der Waals surface area contributed by atoms with Crippen LogP contribution in [0.3, 0.4) is 0 Å². The van der Waals surface area contributed by atoms with Gasteiger partial charge in [0.25, 0.3) is 0 Å². The van der Waals surface area contributed by atoms with E-state index in [1.165, 1.54) is 12.1 Å². The van der Waals surface area contributed by atoms with Crippen LogP contribution in [0, 0.1) is 12.7 Å². The number of nitrogens with zero attached hydrogens (tertiary/aromatic N) is 3. The van der Waals surface area contributed by atoms with E-state index in [-0.39, 0.29) is 11.4 Å². The van der Waals surface area contributed by atoms with E-state index in [4.69, 9.17) is 4.74 Å². The molecule has 146 valence electrons. The van der Waals surface area contributed by atoms with Gasteiger partial charge in [-0.25, -0.2) is 17.5 Å². The molecule has 1 aromatic carbocycles. The molecule has 0 radical (unpaired) electrons. The van der Waals surface area contributed by atoms with Crippen molar-refractivity contribution < 1.29 is 17.5 Å². The number of morpholine rings is 1. The highest BCUT2D eigenvalue weighted by molar-refractivity contribution is 7.89. The van der Waals surface area contributed by atoms with Crippen LogP contribution in [0.15, 0.2) is 35.4 Å². The van der Waals surface area contributed by atoms with E-state index < -0.39 is 15.8 Å². The number of aryl methyl sites for hydroxylation is 1. The van der Waals surface area contributed by atoms with Crippen LogP contribution in [0.1, 0.15) is 5.56 Å². The summed E-state index contributed by atoms with van der Waals surface area (Å²) in [5, 5.41) is 11.1. The summed E-state index contributed by atoms with van der Waals surface area (Å²) in [5.74, 6) is 0.1000. The molecule has 0 aliphatic carbocycles. The molecule has 27 heavy (non-hydrogen) atoms. The first-order valence-corrected chi connectivity index (χ1v) is 10.1. The lowest BCUT2D eigenvalue weighted by Gasteiger charge is -2.28. The van der Waals surface area contributed by atoms with E-state index in [9.17, 15) is 12.8 Å². The minimum atomic E-state index is -3.70. The summed E-state index contributed by atoms with van der Waals surface area (Å²) in [6.07, 6.45) is 1.69. The molecule has 2 aromatic rings. The molecular formula is C17H22FN5O3S. The van der Waals surface area contributed by atoms with Crippen molar-refractivity contribution >= 4 is 21.5 Å². The van der Waals surface area contributed by atoms with E-state index in [0.717, 1.165) is 24.8 Å². The molecule has 1 aromatic heterocycles. The second-order valence-corrected chi connectivity index (χ2v) is 7.87. The lowest BCUT2D eigenvalue weighted by molar-refractivity contribution is 0.122. The topological polar surface area (TPSA) is 96.5 Å². The van der Waals surface area contributed by atoms with Crippen LogP contribution >= 0.6 is 0 Å². The summed E-state index contributed by atoms with van der Waals surface area (Å²) in [6, 6.07) is 5.46. The summed E-state index contributed by atoms with van der Waals surface area (Å²) in [7, 11) is -3.70. The van der Waals surface area contributed by atoms with Crippen molar-refractivity contribution in [3.8, 4) is 0 Å². The highest BCUT2D eigenvalue weighted by Crippen LogP contribution is 2.17. The molecule has 0 saturated carbocycles. The van der Waals surface area contributed by atoms with E-state index >= 15 is 0 Å². The van der Waals surface area contributed by atoms with Crippen molar-refractivity contribution in [1.29, 1.82) is 0 Å². The number of rotatable bonds is 7. The molecule has 3 rings (SSSR count). The van der Waals surface area contributed by atoms with E-state index in [1.807, 2.05) is 6.07 Å². The van der Waals surface area contributed by atoms with Crippen LogP contribution in [-0.4, -0.2) is 58.0 Å². The fourth-order valence-corrected chi connectivity index (χ4v) is 4.06. The average Bonchev–Trinajstić information content (AvgIpc) is 2.66. The van der Waals surface area contributed by atoms with Crippen molar-refractivity contribution in [3.63, 3.8) is 0 Å². The zero-order valence-electron chi connectivity index (χ0n) is 15.0. The van der Waals surface area contributed by atoms with Crippen LogP contribution in [0.5, 0.6) is 0 Å². The first-order chi connectivity index (χ1) is 13.0. The number of anilines is 2. The number of aromatic nitrogens is 2. The van der Waals surface area contributed by atoms with Gasteiger partial charge in [-0.05, 0) is 30.7 Å². The van der Waals surface area contributed by atoms with Crippen molar-refractivity contribution in [2.75, 3.05) is 49.6 Å². The molecule has 0 bridgehead atoms. The SMILES string of the molecule is Cc1cc(F)ccc1S(=O)(=O)NCCNc1cc(N2CCOCC2)cnn1. The first kappa shape index (κ1) is 19.5. The molecular weight excluding hydrogens is 373 g/mol. The zero-order chi connectivity index (χ0) is 19.3. The van der Waals surface area contributed by atoms with Crippen LogP contribution in [-0.2, 0) is 14.8 Å². The Labute approximate surface area is 157 Å². The summed E-state index contributed by atoms with van der Waals surface area (Å²) in [6.45, 7) is 4.99. The number of benzene rings is 1. The number of nitrogens with one attached hydrogen (secondary N) is 2.